The number of nitrogens with two attached hydrogens (primary N) is 1. The molecule has 0 aliphatic heterocycles. The highest BCUT2D eigenvalue weighted by Crippen LogP contribution is 2.25. The third-order valence-electron chi connectivity index (χ3n) is 2.77. The van der Waals surface area contributed by atoms with Gasteiger partial charge in [-0.2, -0.15) is 5.26 Å². The molecular weight excluding hydrogens is 208 g/mol. The Labute approximate surface area is 101 Å². The molecule has 2 heteroatoms. The lowest BCUT2D eigenvalue weighted by Gasteiger charge is -2.10. The monoisotopic (exact) mass is 222 g/mol. The Morgan fingerprint density at radius 1 is 1.06 bits per heavy atom. The number of nitriles is 1. The van der Waals surface area contributed by atoms with Gasteiger partial charge in [0, 0.05) is 5.69 Å². The number of nitrogens with zero attached hydrogens (tertiary/aromatic N) is 1. The lowest BCUT2D eigenvalue weighted by Crippen LogP contribution is -1.98. The second-order valence-electron chi connectivity index (χ2n) is 4.14. The Morgan fingerprint density at radius 3 is 2.35 bits per heavy atom. The van der Waals surface area contributed by atoms with Crippen molar-refractivity contribution in [2.75, 3.05) is 5.73 Å². The first kappa shape index (κ1) is 11.2. The second kappa shape index (κ2) is 4.71. The van der Waals surface area contributed by atoms with Crippen molar-refractivity contribution in [3.63, 3.8) is 0 Å². The van der Waals surface area contributed by atoms with Crippen molar-refractivity contribution >= 4 is 5.69 Å². The van der Waals surface area contributed by atoms with Crippen LogP contribution in [0.25, 0.3) is 0 Å². The number of hydrogen-bond donors (Lipinski definition) is 1. The first-order valence-corrected chi connectivity index (χ1v) is 5.52. The quantitative estimate of drug-likeness (QED) is 0.793. The summed E-state index contributed by atoms with van der Waals surface area (Å²) in [4.78, 5) is 0. The molecule has 0 radical (unpaired) electrons. The summed E-state index contributed by atoms with van der Waals surface area (Å²) < 4.78 is 0. The van der Waals surface area contributed by atoms with Gasteiger partial charge in [0.1, 0.15) is 0 Å². The minimum Gasteiger partial charge on any atom is -0.399 e. The van der Waals surface area contributed by atoms with Crippen LogP contribution in [0.4, 0.5) is 5.69 Å². The molecule has 0 saturated heterocycles. The largest absolute Gasteiger partial charge is 0.399 e. The van der Waals surface area contributed by atoms with Crippen LogP contribution in [0.3, 0.4) is 0 Å². The van der Waals surface area contributed by atoms with Gasteiger partial charge in [-0.1, -0.05) is 42.0 Å². The summed E-state index contributed by atoms with van der Waals surface area (Å²) in [5.74, 6) is -0.226. The lowest BCUT2D eigenvalue weighted by atomic mass is 9.92. The number of benzene rings is 2. The highest BCUT2D eigenvalue weighted by atomic mass is 14.5. The van der Waals surface area contributed by atoms with Crippen LogP contribution in [0.15, 0.2) is 48.5 Å². The van der Waals surface area contributed by atoms with Crippen LogP contribution in [0.2, 0.25) is 0 Å². The molecule has 0 saturated carbocycles. The Hall–Kier alpha value is -2.27. The smallest absolute Gasteiger partial charge is 0.0962 e. The van der Waals surface area contributed by atoms with Crippen LogP contribution in [0, 0.1) is 18.3 Å². The highest BCUT2D eigenvalue weighted by Gasteiger charge is 2.12. The van der Waals surface area contributed by atoms with Crippen molar-refractivity contribution in [2.45, 2.75) is 12.8 Å². The minimum atomic E-state index is -0.226. The molecular formula is C15H14N2. The number of anilines is 1. The minimum absolute atomic E-state index is 0.226. The maximum absolute atomic E-state index is 9.31. The van der Waals surface area contributed by atoms with Crippen LogP contribution >= 0.6 is 0 Å². The standard InChI is InChI=1S/C15H14N2/c1-11-3-2-4-13(9-11)15(10-16)12-5-7-14(17)8-6-12/h2-9,15H,17H2,1H3/t15-/m0/s1. The molecule has 0 heterocycles. The molecule has 0 aromatic heterocycles. The van der Waals surface area contributed by atoms with E-state index in [1.165, 1.54) is 0 Å². The molecule has 0 unspecified atom stereocenters. The van der Waals surface area contributed by atoms with Gasteiger partial charge in [0.15, 0.2) is 0 Å². The van der Waals surface area contributed by atoms with E-state index in [0.717, 1.165) is 22.4 Å². The fourth-order valence-corrected chi connectivity index (χ4v) is 1.88. The van der Waals surface area contributed by atoms with Crippen LogP contribution < -0.4 is 5.73 Å². The molecule has 2 aromatic rings. The predicted octanol–water partition coefficient (Wildman–Crippen LogP) is 3.23. The van der Waals surface area contributed by atoms with E-state index in [1.54, 1.807) is 0 Å². The molecule has 2 aromatic carbocycles. The fourth-order valence-electron chi connectivity index (χ4n) is 1.88. The van der Waals surface area contributed by atoms with Crippen molar-refractivity contribution in [3.8, 4) is 6.07 Å². The van der Waals surface area contributed by atoms with Gasteiger partial charge >= 0.3 is 0 Å². The van der Waals surface area contributed by atoms with Gasteiger partial charge in [-0.05, 0) is 30.2 Å². The Morgan fingerprint density at radius 2 is 1.76 bits per heavy atom. The highest BCUT2D eigenvalue weighted by molar-refractivity contribution is 5.45. The average molecular weight is 222 g/mol. The summed E-state index contributed by atoms with van der Waals surface area (Å²) in [6.45, 7) is 2.03. The third kappa shape index (κ3) is 2.46. The summed E-state index contributed by atoms with van der Waals surface area (Å²) in [5, 5.41) is 9.31. The molecule has 84 valence electrons. The molecule has 0 fully saturated rings. The molecule has 2 N–H and O–H groups in total. The molecule has 17 heavy (non-hydrogen) atoms. The van der Waals surface area contributed by atoms with Gasteiger partial charge in [0.2, 0.25) is 0 Å². The van der Waals surface area contributed by atoms with Gasteiger partial charge in [-0.3, -0.25) is 0 Å². The van der Waals surface area contributed by atoms with Crippen molar-refractivity contribution < 1.29 is 0 Å². The van der Waals surface area contributed by atoms with Crippen LogP contribution in [-0.4, -0.2) is 0 Å². The van der Waals surface area contributed by atoms with Crippen molar-refractivity contribution in [3.05, 3.63) is 65.2 Å². The molecule has 0 aliphatic rings. The van der Waals surface area contributed by atoms with E-state index in [0.29, 0.717) is 0 Å². The fraction of sp³-hybridized carbons (Fsp3) is 0.133. The summed E-state index contributed by atoms with van der Waals surface area (Å²) in [6, 6.07) is 17.9. The Bertz CT molecular complexity index is 550. The molecule has 2 nitrogen and oxygen atoms in total. The zero-order valence-electron chi connectivity index (χ0n) is 9.72. The van der Waals surface area contributed by atoms with Gasteiger partial charge < -0.3 is 5.73 Å². The van der Waals surface area contributed by atoms with E-state index in [-0.39, 0.29) is 5.92 Å². The molecule has 0 aliphatic carbocycles. The third-order valence-corrected chi connectivity index (χ3v) is 2.77. The number of aryl methyl sites for hydroxylation is 1. The average Bonchev–Trinajstić information content (AvgIpc) is 2.33. The summed E-state index contributed by atoms with van der Waals surface area (Å²) in [6.07, 6.45) is 0. The summed E-state index contributed by atoms with van der Waals surface area (Å²) >= 11 is 0. The SMILES string of the molecule is Cc1cccc([C@@H](C#N)c2ccc(N)cc2)c1. The molecule has 2 rings (SSSR count). The number of nitrogen functional groups attached to an aromatic ring is 1. The van der Waals surface area contributed by atoms with Crippen LogP contribution in [0.1, 0.15) is 22.6 Å². The van der Waals surface area contributed by atoms with E-state index < -0.39 is 0 Å². The van der Waals surface area contributed by atoms with E-state index in [9.17, 15) is 5.26 Å². The normalized spacial score (nSPS) is 11.8. The first-order chi connectivity index (χ1) is 8.20. The zero-order chi connectivity index (χ0) is 12.3. The lowest BCUT2D eigenvalue weighted by molar-refractivity contribution is 1.03. The summed E-state index contributed by atoms with van der Waals surface area (Å²) in [5.41, 5.74) is 9.53. The topological polar surface area (TPSA) is 49.8 Å². The first-order valence-electron chi connectivity index (χ1n) is 5.52. The Balaban J connectivity index is 2.41. The van der Waals surface area contributed by atoms with Gasteiger partial charge in [0.05, 0.1) is 12.0 Å². The van der Waals surface area contributed by atoms with E-state index in [2.05, 4.69) is 6.07 Å². The van der Waals surface area contributed by atoms with Crippen molar-refractivity contribution in [2.24, 2.45) is 0 Å². The van der Waals surface area contributed by atoms with E-state index in [1.807, 2.05) is 55.5 Å². The molecule has 0 bridgehead atoms. The van der Waals surface area contributed by atoms with Gasteiger partial charge in [-0.15, -0.1) is 0 Å². The summed E-state index contributed by atoms with van der Waals surface area (Å²) in [7, 11) is 0. The van der Waals surface area contributed by atoms with E-state index >= 15 is 0 Å². The molecule has 0 spiro atoms. The number of rotatable bonds is 2. The zero-order valence-corrected chi connectivity index (χ0v) is 9.72. The molecule has 1 atom stereocenters. The predicted molar refractivity (Wildman–Crippen MR) is 69.5 cm³/mol. The maximum Gasteiger partial charge on any atom is 0.0962 e. The number of hydrogen-bond acceptors (Lipinski definition) is 2. The van der Waals surface area contributed by atoms with Gasteiger partial charge in [0.25, 0.3) is 0 Å². The van der Waals surface area contributed by atoms with Crippen molar-refractivity contribution in [1.82, 2.24) is 0 Å². The Kier molecular flexibility index (Phi) is 3.11. The van der Waals surface area contributed by atoms with Crippen molar-refractivity contribution in [1.29, 1.82) is 5.26 Å². The van der Waals surface area contributed by atoms with Gasteiger partial charge in [-0.25, -0.2) is 0 Å². The van der Waals surface area contributed by atoms with E-state index in [4.69, 9.17) is 5.73 Å². The molecule has 0 amide bonds. The van der Waals surface area contributed by atoms with Crippen LogP contribution in [0.5, 0.6) is 0 Å². The second-order valence-corrected chi connectivity index (χ2v) is 4.14. The maximum atomic E-state index is 9.31. The van der Waals surface area contributed by atoms with Crippen LogP contribution in [-0.2, 0) is 0 Å².